The maximum atomic E-state index is 6.22. The molecular weight excluding hydrogens is 239 g/mol. The van der Waals surface area contributed by atoms with Crippen LogP contribution in [0.4, 0.5) is 0 Å². The van der Waals surface area contributed by atoms with E-state index >= 15 is 0 Å². The van der Waals surface area contributed by atoms with Crippen LogP contribution < -0.4 is 0 Å². The van der Waals surface area contributed by atoms with E-state index in [2.05, 4.69) is 12.2 Å². The van der Waals surface area contributed by atoms with E-state index in [0.29, 0.717) is 0 Å². The molecule has 0 fully saturated rings. The van der Waals surface area contributed by atoms with Gasteiger partial charge in [0.15, 0.2) is 0 Å². The SMILES string of the molecule is ClC1=C(/C=C/C2=C(Cl)CCCC2)CCCC1. The topological polar surface area (TPSA) is 0 Å². The predicted octanol–water partition coefficient (Wildman–Crippen LogP) is 5.68. The molecule has 0 aromatic heterocycles. The van der Waals surface area contributed by atoms with E-state index in [-0.39, 0.29) is 0 Å². The van der Waals surface area contributed by atoms with Crippen LogP contribution in [-0.4, -0.2) is 0 Å². The highest BCUT2D eigenvalue weighted by molar-refractivity contribution is 6.30. The predicted molar refractivity (Wildman–Crippen MR) is 71.8 cm³/mol. The number of hydrogen-bond acceptors (Lipinski definition) is 0. The second-order valence-electron chi connectivity index (χ2n) is 4.61. The Morgan fingerprint density at radius 2 is 1.00 bits per heavy atom. The molecule has 0 saturated carbocycles. The fourth-order valence-electron chi connectivity index (χ4n) is 2.33. The van der Waals surface area contributed by atoms with Crippen molar-refractivity contribution in [1.29, 1.82) is 0 Å². The van der Waals surface area contributed by atoms with Crippen LogP contribution in [0.5, 0.6) is 0 Å². The van der Waals surface area contributed by atoms with E-state index in [1.54, 1.807) is 0 Å². The maximum Gasteiger partial charge on any atom is 0.0212 e. The molecule has 88 valence electrons. The van der Waals surface area contributed by atoms with Gasteiger partial charge in [0.2, 0.25) is 0 Å². The van der Waals surface area contributed by atoms with E-state index in [0.717, 1.165) is 35.7 Å². The number of allylic oxidation sites excluding steroid dienone is 6. The molecule has 2 aliphatic carbocycles. The molecule has 2 heteroatoms. The first-order chi connectivity index (χ1) is 7.77. The van der Waals surface area contributed by atoms with Crippen LogP contribution in [0.25, 0.3) is 0 Å². The fraction of sp³-hybridized carbons (Fsp3) is 0.571. The number of halogens is 2. The minimum atomic E-state index is 1.05. The summed E-state index contributed by atoms with van der Waals surface area (Å²) >= 11 is 12.4. The molecule has 0 N–H and O–H groups in total. The zero-order valence-corrected chi connectivity index (χ0v) is 11.1. The summed E-state index contributed by atoms with van der Waals surface area (Å²) in [4.78, 5) is 0. The number of hydrogen-bond donors (Lipinski definition) is 0. The quantitative estimate of drug-likeness (QED) is 0.597. The van der Waals surface area contributed by atoms with Crippen molar-refractivity contribution in [3.05, 3.63) is 33.4 Å². The normalized spacial score (nSPS) is 23.4. The third kappa shape index (κ3) is 3.15. The molecule has 2 rings (SSSR count). The lowest BCUT2D eigenvalue weighted by Crippen LogP contribution is -1.95. The van der Waals surface area contributed by atoms with Crippen molar-refractivity contribution in [2.75, 3.05) is 0 Å². The van der Waals surface area contributed by atoms with E-state index in [9.17, 15) is 0 Å². The highest BCUT2D eigenvalue weighted by Gasteiger charge is 2.10. The summed E-state index contributed by atoms with van der Waals surface area (Å²) in [6, 6.07) is 0. The summed E-state index contributed by atoms with van der Waals surface area (Å²) in [5, 5.41) is 2.10. The Kier molecular flexibility index (Phi) is 4.55. The molecule has 0 aliphatic heterocycles. The smallest absolute Gasteiger partial charge is 0.0212 e. The van der Waals surface area contributed by atoms with Crippen molar-refractivity contribution < 1.29 is 0 Å². The first-order valence-electron chi connectivity index (χ1n) is 6.20. The summed E-state index contributed by atoms with van der Waals surface area (Å²) in [5.74, 6) is 0. The molecule has 0 unspecified atom stereocenters. The van der Waals surface area contributed by atoms with Crippen LogP contribution in [0.1, 0.15) is 51.4 Å². The second kappa shape index (κ2) is 5.93. The Morgan fingerprint density at radius 1 is 0.625 bits per heavy atom. The lowest BCUT2D eigenvalue weighted by molar-refractivity contribution is 0.698. The first-order valence-corrected chi connectivity index (χ1v) is 6.96. The largest absolute Gasteiger partial charge is 0.0889 e. The lowest BCUT2D eigenvalue weighted by Gasteiger charge is -2.15. The minimum absolute atomic E-state index is 1.05. The zero-order chi connectivity index (χ0) is 11.4. The van der Waals surface area contributed by atoms with Gasteiger partial charge in [-0.15, -0.1) is 0 Å². The van der Waals surface area contributed by atoms with Gasteiger partial charge in [0, 0.05) is 10.1 Å². The van der Waals surface area contributed by atoms with Crippen LogP contribution >= 0.6 is 23.2 Å². The molecule has 0 amide bonds. The highest BCUT2D eigenvalue weighted by Crippen LogP contribution is 2.31. The summed E-state index contributed by atoms with van der Waals surface area (Å²) < 4.78 is 0. The summed E-state index contributed by atoms with van der Waals surface area (Å²) in [6.45, 7) is 0. The maximum absolute atomic E-state index is 6.22. The van der Waals surface area contributed by atoms with Gasteiger partial charge in [-0.25, -0.2) is 0 Å². The summed E-state index contributed by atoms with van der Waals surface area (Å²) in [6.07, 6.45) is 13.7. The molecule has 0 aromatic carbocycles. The molecule has 0 atom stereocenters. The lowest BCUT2D eigenvalue weighted by atomic mass is 9.95. The van der Waals surface area contributed by atoms with Crippen LogP contribution in [0.15, 0.2) is 33.4 Å². The van der Waals surface area contributed by atoms with Crippen molar-refractivity contribution >= 4 is 23.2 Å². The molecule has 0 saturated heterocycles. The average Bonchev–Trinajstić information content (AvgIpc) is 2.30. The van der Waals surface area contributed by atoms with Crippen molar-refractivity contribution in [2.24, 2.45) is 0 Å². The van der Waals surface area contributed by atoms with Crippen molar-refractivity contribution in [1.82, 2.24) is 0 Å². The Morgan fingerprint density at radius 3 is 1.38 bits per heavy atom. The Balaban J connectivity index is 2.08. The molecule has 0 nitrogen and oxygen atoms in total. The molecule has 0 aromatic rings. The van der Waals surface area contributed by atoms with Gasteiger partial charge in [-0.3, -0.25) is 0 Å². The molecular formula is C14H18Cl2. The molecule has 16 heavy (non-hydrogen) atoms. The van der Waals surface area contributed by atoms with E-state index < -0.39 is 0 Å². The average molecular weight is 257 g/mol. The van der Waals surface area contributed by atoms with Crippen LogP contribution in [0.2, 0.25) is 0 Å². The van der Waals surface area contributed by atoms with Crippen molar-refractivity contribution in [3.8, 4) is 0 Å². The van der Waals surface area contributed by atoms with Crippen molar-refractivity contribution in [2.45, 2.75) is 51.4 Å². The van der Waals surface area contributed by atoms with Gasteiger partial charge in [0.05, 0.1) is 0 Å². The summed E-state index contributed by atoms with van der Waals surface area (Å²) in [7, 11) is 0. The van der Waals surface area contributed by atoms with Gasteiger partial charge in [0.1, 0.15) is 0 Å². The summed E-state index contributed by atoms with van der Waals surface area (Å²) in [5.41, 5.74) is 2.63. The van der Waals surface area contributed by atoms with Gasteiger partial charge < -0.3 is 0 Å². The van der Waals surface area contributed by atoms with Gasteiger partial charge in [-0.1, -0.05) is 35.4 Å². The van der Waals surface area contributed by atoms with Crippen LogP contribution in [0, 0.1) is 0 Å². The molecule has 2 aliphatic rings. The van der Waals surface area contributed by atoms with E-state index in [1.165, 1.54) is 36.8 Å². The van der Waals surface area contributed by atoms with E-state index in [1.807, 2.05) is 0 Å². The van der Waals surface area contributed by atoms with Crippen LogP contribution in [0.3, 0.4) is 0 Å². The zero-order valence-electron chi connectivity index (χ0n) is 9.57. The van der Waals surface area contributed by atoms with Gasteiger partial charge >= 0.3 is 0 Å². The second-order valence-corrected chi connectivity index (χ2v) is 5.52. The van der Waals surface area contributed by atoms with Gasteiger partial charge in [0.25, 0.3) is 0 Å². The minimum Gasteiger partial charge on any atom is -0.0889 e. The molecule has 0 radical (unpaired) electrons. The standard InChI is InChI=1S/C14H18Cl2/c15-13-7-3-1-5-11(13)9-10-12-6-2-4-8-14(12)16/h9-10H,1-8H2/b10-9+. The Hall–Kier alpha value is -0.200. The Bertz CT molecular complexity index is 314. The Labute approximate surface area is 108 Å². The molecule has 0 bridgehead atoms. The van der Waals surface area contributed by atoms with E-state index in [4.69, 9.17) is 23.2 Å². The van der Waals surface area contributed by atoms with Crippen molar-refractivity contribution in [3.63, 3.8) is 0 Å². The highest BCUT2D eigenvalue weighted by atomic mass is 35.5. The third-order valence-corrected chi connectivity index (χ3v) is 4.23. The fourth-order valence-corrected chi connectivity index (χ4v) is 2.91. The van der Waals surface area contributed by atoms with Gasteiger partial charge in [-0.2, -0.15) is 0 Å². The number of rotatable bonds is 2. The monoisotopic (exact) mass is 256 g/mol. The third-order valence-electron chi connectivity index (χ3n) is 3.37. The molecule has 0 heterocycles. The first kappa shape index (κ1) is 12.3. The molecule has 0 spiro atoms. The van der Waals surface area contributed by atoms with Crippen LogP contribution in [-0.2, 0) is 0 Å². The van der Waals surface area contributed by atoms with Gasteiger partial charge in [-0.05, 0) is 62.5 Å².